The van der Waals surface area contributed by atoms with Crippen LogP contribution in [0.5, 0.6) is 0 Å². The van der Waals surface area contributed by atoms with E-state index in [2.05, 4.69) is 15.3 Å². The number of nitrogens with two attached hydrogens (primary N) is 1. The Morgan fingerprint density at radius 2 is 2.00 bits per heavy atom. The summed E-state index contributed by atoms with van der Waals surface area (Å²) in [5, 5.41) is 12.3. The fraction of sp³-hybridized carbons (Fsp3) is 0.389. The van der Waals surface area contributed by atoms with Crippen LogP contribution in [0.25, 0.3) is 11.3 Å². The Labute approximate surface area is 163 Å². The predicted octanol–water partition coefficient (Wildman–Crippen LogP) is 1.75. The summed E-state index contributed by atoms with van der Waals surface area (Å²) >= 11 is 0. The van der Waals surface area contributed by atoms with Crippen molar-refractivity contribution >= 4 is 27.6 Å². The van der Waals surface area contributed by atoms with Crippen LogP contribution in [0.4, 0.5) is 16.4 Å². The number of aromatic nitrogens is 2. The molecule has 28 heavy (non-hydrogen) atoms. The van der Waals surface area contributed by atoms with Gasteiger partial charge in [0.25, 0.3) is 0 Å². The number of rotatable bonds is 5. The van der Waals surface area contributed by atoms with Gasteiger partial charge in [-0.2, -0.15) is 0 Å². The Balaban J connectivity index is 1.98. The SMILES string of the molecule is CC(C)S(=O)(=O)c1ccc(-c2cnc(N)c(N(C(=O)O)C3CCNC3)n2)cc1. The largest absolute Gasteiger partial charge is 0.465 e. The number of nitrogen functional groups attached to an aromatic ring is 1. The molecule has 1 saturated heterocycles. The van der Waals surface area contributed by atoms with Crippen LogP contribution in [-0.2, 0) is 9.84 Å². The molecule has 1 aromatic carbocycles. The first-order valence-electron chi connectivity index (χ1n) is 8.91. The van der Waals surface area contributed by atoms with Crippen molar-refractivity contribution in [3.63, 3.8) is 0 Å². The van der Waals surface area contributed by atoms with Crippen LogP contribution in [0.3, 0.4) is 0 Å². The minimum absolute atomic E-state index is 0.0251. The third kappa shape index (κ3) is 3.78. The molecule has 150 valence electrons. The number of nitrogens with one attached hydrogen (secondary N) is 1. The van der Waals surface area contributed by atoms with Gasteiger partial charge < -0.3 is 16.2 Å². The summed E-state index contributed by atoms with van der Waals surface area (Å²) in [7, 11) is -3.38. The Morgan fingerprint density at radius 3 is 2.54 bits per heavy atom. The van der Waals surface area contributed by atoms with Crippen molar-refractivity contribution in [1.29, 1.82) is 0 Å². The number of benzene rings is 1. The Morgan fingerprint density at radius 1 is 1.32 bits per heavy atom. The first-order chi connectivity index (χ1) is 13.2. The molecule has 0 saturated carbocycles. The maximum Gasteiger partial charge on any atom is 0.413 e. The van der Waals surface area contributed by atoms with Crippen LogP contribution >= 0.6 is 0 Å². The van der Waals surface area contributed by atoms with Crippen LogP contribution in [0.15, 0.2) is 35.4 Å². The minimum Gasteiger partial charge on any atom is -0.465 e. The zero-order valence-corrected chi connectivity index (χ0v) is 16.5. The summed E-state index contributed by atoms with van der Waals surface area (Å²) in [6.45, 7) is 4.48. The van der Waals surface area contributed by atoms with Gasteiger partial charge in [0.15, 0.2) is 21.5 Å². The van der Waals surface area contributed by atoms with Crippen LogP contribution in [-0.4, -0.2) is 54.0 Å². The maximum atomic E-state index is 12.3. The second-order valence-electron chi connectivity index (χ2n) is 6.88. The Bertz CT molecular complexity index is 970. The predicted molar refractivity (Wildman–Crippen MR) is 106 cm³/mol. The van der Waals surface area contributed by atoms with Crippen molar-refractivity contribution in [3.05, 3.63) is 30.5 Å². The standard InChI is InChI=1S/C18H23N5O4S/c1-11(2)28(26,27)14-5-3-12(4-6-14)15-10-21-16(19)17(22-15)23(18(24)25)13-7-8-20-9-13/h3-6,10-11,13,20H,7-9H2,1-2H3,(H2,19,21)(H,24,25). The van der Waals surface area contributed by atoms with Crippen molar-refractivity contribution in [2.24, 2.45) is 0 Å². The van der Waals surface area contributed by atoms with Gasteiger partial charge in [-0.15, -0.1) is 0 Å². The highest BCUT2D eigenvalue weighted by molar-refractivity contribution is 7.92. The average molecular weight is 405 g/mol. The molecular formula is C18H23N5O4S. The first kappa shape index (κ1) is 20.0. The monoisotopic (exact) mass is 405 g/mol. The second-order valence-corrected chi connectivity index (χ2v) is 9.39. The van der Waals surface area contributed by atoms with Crippen LogP contribution < -0.4 is 16.0 Å². The van der Waals surface area contributed by atoms with E-state index in [0.717, 1.165) is 4.90 Å². The molecule has 2 heterocycles. The van der Waals surface area contributed by atoms with E-state index in [9.17, 15) is 18.3 Å². The number of hydrogen-bond acceptors (Lipinski definition) is 7. The quantitative estimate of drug-likeness (QED) is 0.684. The van der Waals surface area contributed by atoms with E-state index >= 15 is 0 Å². The topological polar surface area (TPSA) is 139 Å². The molecule has 1 unspecified atom stereocenters. The highest BCUT2D eigenvalue weighted by atomic mass is 32.2. The molecule has 1 atom stereocenters. The summed E-state index contributed by atoms with van der Waals surface area (Å²) in [6.07, 6.45) is 0.946. The lowest BCUT2D eigenvalue weighted by atomic mass is 10.1. The molecule has 9 nitrogen and oxygen atoms in total. The highest BCUT2D eigenvalue weighted by Crippen LogP contribution is 2.28. The van der Waals surface area contributed by atoms with Gasteiger partial charge in [-0.1, -0.05) is 12.1 Å². The highest BCUT2D eigenvalue weighted by Gasteiger charge is 2.31. The number of nitrogens with zero attached hydrogens (tertiary/aromatic N) is 3. The molecule has 1 aliphatic heterocycles. The van der Waals surface area contributed by atoms with E-state index in [1.165, 1.54) is 18.3 Å². The summed E-state index contributed by atoms with van der Waals surface area (Å²) in [6, 6.07) is 6.00. The smallest absolute Gasteiger partial charge is 0.413 e. The summed E-state index contributed by atoms with van der Waals surface area (Å²) in [5.74, 6) is 0.106. The molecule has 1 aliphatic rings. The number of anilines is 2. The fourth-order valence-corrected chi connectivity index (χ4v) is 4.13. The number of amides is 1. The molecule has 0 spiro atoms. The zero-order chi connectivity index (χ0) is 20.5. The molecule has 10 heteroatoms. The molecule has 1 aromatic heterocycles. The van der Waals surface area contributed by atoms with E-state index in [1.54, 1.807) is 26.0 Å². The van der Waals surface area contributed by atoms with Gasteiger partial charge in [-0.3, -0.25) is 4.90 Å². The van der Waals surface area contributed by atoms with Crippen molar-refractivity contribution in [1.82, 2.24) is 15.3 Å². The number of hydrogen-bond donors (Lipinski definition) is 3. The number of carboxylic acid groups (broad SMARTS) is 1. The lowest BCUT2D eigenvalue weighted by molar-refractivity contribution is 0.199. The average Bonchev–Trinajstić information content (AvgIpc) is 3.17. The van der Waals surface area contributed by atoms with Crippen molar-refractivity contribution in [2.45, 2.75) is 36.5 Å². The third-order valence-electron chi connectivity index (χ3n) is 4.71. The number of sulfone groups is 1. The third-order valence-corrected chi connectivity index (χ3v) is 6.88. The molecule has 1 amide bonds. The Hall–Kier alpha value is -2.72. The van der Waals surface area contributed by atoms with Crippen LogP contribution in [0.2, 0.25) is 0 Å². The first-order valence-corrected chi connectivity index (χ1v) is 10.5. The minimum atomic E-state index is -3.38. The van der Waals surface area contributed by atoms with Gasteiger partial charge in [0, 0.05) is 12.1 Å². The summed E-state index contributed by atoms with van der Waals surface area (Å²) in [4.78, 5) is 21.7. The Kier molecular flexibility index (Phi) is 5.52. The van der Waals surface area contributed by atoms with Crippen molar-refractivity contribution in [3.8, 4) is 11.3 Å². The van der Waals surface area contributed by atoms with E-state index in [4.69, 9.17) is 5.73 Å². The molecule has 1 fully saturated rings. The van der Waals surface area contributed by atoms with Crippen molar-refractivity contribution < 1.29 is 18.3 Å². The summed E-state index contributed by atoms with van der Waals surface area (Å²) < 4.78 is 24.5. The van der Waals surface area contributed by atoms with E-state index in [-0.39, 0.29) is 22.6 Å². The van der Waals surface area contributed by atoms with E-state index < -0.39 is 21.2 Å². The normalized spacial score (nSPS) is 17.0. The maximum absolute atomic E-state index is 12.3. The van der Waals surface area contributed by atoms with E-state index in [0.29, 0.717) is 30.8 Å². The van der Waals surface area contributed by atoms with Gasteiger partial charge in [-0.25, -0.2) is 23.2 Å². The second kappa shape index (κ2) is 7.72. The van der Waals surface area contributed by atoms with Gasteiger partial charge in [0.2, 0.25) is 0 Å². The van der Waals surface area contributed by atoms with Gasteiger partial charge in [0.05, 0.1) is 28.1 Å². The molecule has 4 N–H and O–H groups in total. The molecular weight excluding hydrogens is 382 g/mol. The molecule has 2 aromatic rings. The lowest BCUT2D eigenvalue weighted by Crippen LogP contribution is -2.42. The summed E-state index contributed by atoms with van der Waals surface area (Å²) in [5.41, 5.74) is 6.94. The van der Waals surface area contributed by atoms with Gasteiger partial charge in [0.1, 0.15) is 0 Å². The van der Waals surface area contributed by atoms with Gasteiger partial charge in [-0.05, 0) is 38.9 Å². The van der Waals surface area contributed by atoms with E-state index in [1.807, 2.05) is 0 Å². The molecule has 0 radical (unpaired) electrons. The van der Waals surface area contributed by atoms with Crippen LogP contribution in [0, 0.1) is 0 Å². The van der Waals surface area contributed by atoms with Gasteiger partial charge >= 0.3 is 6.09 Å². The van der Waals surface area contributed by atoms with Crippen molar-refractivity contribution in [2.75, 3.05) is 23.7 Å². The van der Waals surface area contributed by atoms with Crippen LogP contribution in [0.1, 0.15) is 20.3 Å². The lowest BCUT2D eigenvalue weighted by Gasteiger charge is -2.25. The molecule has 0 aliphatic carbocycles. The fourth-order valence-electron chi connectivity index (χ4n) is 3.07. The molecule has 3 rings (SSSR count). The zero-order valence-electron chi connectivity index (χ0n) is 15.7. The number of carbonyl (C=O) groups is 1. The molecule has 0 bridgehead atoms.